The van der Waals surface area contributed by atoms with Crippen molar-refractivity contribution in [1.29, 1.82) is 0 Å². The summed E-state index contributed by atoms with van der Waals surface area (Å²) in [5.74, 6) is 0. The van der Waals surface area contributed by atoms with Gasteiger partial charge in [-0.25, -0.2) is 0 Å². The standard InChI is InChI=1S/C9H16N4O/c10-13-12-5-8-4-9(7-14-8)2-1-3-11-6-9/h8,11H,1-7H2/t8-,9+/m1/s1. The van der Waals surface area contributed by atoms with Gasteiger partial charge in [-0.2, -0.15) is 0 Å². The fraction of sp³-hybridized carbons (Fsp3) is 1.00. The van der Waals surface area contributed by atoms with Gasteiger partial charge < -0.3 is 10.1 Å². The molecule has 0 saturated carbocycles. The van der Waals surface area contributed by atoms with Crippen LogP contribution < -0.4 is 5.32 Å². The van der Waals surface area contributed by atoms with Gasteiger partial charge in [0, 0.05) is 16.9 Å². The highest BCUT2D eigenvalue weighted by Crippen LogP contribution is 2.38. The number of ether oxygens (including phenoxy) is 1. The summed E-state index contributed by atoms with van der Waals surface area (Å²) in [6.07, 6.45) is 3.66. The predicted molar refractivity (Wildman–Crippen MR) is 52.9 cm³/mol. The Balaban J connectivity index is 1.88. The van der Waals surface area contributed by atoms with Crippen LogP contribution in [0, 0.1) is 5.41 Å². The molecule has 5 heteroatoms. The van der Waals surface area contributed by atoms with E-state index in [-0.39, 0.29) is 6.10 Å². The molecule has 2 atom stereocenters. The Hall–Kier alpha value is -0.770. The van der Waals surface area contributed by atoms with Crippen molar-refractivity contribution < 1.29 is 4.74 Å². The molecule has 2 aliphatic rings. The summed E-state index contributed by atoms with van der Waals surface area (Å²) in [6.45, 7) is 3.49. The van der Waals surface area contributed by atoms with Crippen molar-refractivity contribution in [2.75, 3.05) is 26.2 Å². The zero-order valence-corrected chi connectivity index (χ0v) is 8.28. The molecule has 0 aliphatic carbocycles. The van der Waals surface area contributed by atoms with E-state index in [9.17, 15) is 0 Å². The second-order valence-corrected chi connectivity index (χ2v) is 4.33. The third-order valence-electron chi connectivity index (χ3n) is 3.20. The van der Waals surface area contributed by atoms with Crippen LogP contribution in [0.2, 0.25) is 0 Å². The highest BCUT2D eigenvalue weighted by Gasteiger charge is 2.40. The first-order valence-electron chi connectivity index (χ1n) is 5.18. The molecule has 0 radical (unpaired) electrons. The summed E-state index contributed by atoms with van der Waals surface area (Å²) < 4.78 is 5.64. The van der Waals surface area contributed by atoms with Gasteiger partial charge in [-0.05, 0) is 31.3 Å². The summed E-state index contributed by atoms with van der Waals surface area (Å²) in [5, 5.41) is 6.98. The van der Waals surface area contributed by atoms with Crippen LogP contribution in [0.25, 0.3) is 10.4 Å². The fourth-order valence-corrected chi connectivity index (χ4v) is 2.47. The molecule has 5 nitrogen and oxygen atoms in total. The Morgan fingerprint density at radius 1 is 1.64 bits per heavy atom. The van der Waals surface area contributed by atoms with E-state index in [0.717, 1.165) is 26.1 Å². The van der Waals surface area contributed by atoms with Gasteiger partial charge in [0.2, 0.25) is 0 Å². The number of azide groups is 1. The average molecular weight is 196 g/mol. The number of piperidine rings is 1. The smallest absolute Gasteiger partial charge is 0.0638 e. The lowest BCUT2D eigenvalue weighted by Gasteiger charge is -2.32. The quantitative estimate of drug-likeness (QED) is 0.412. The van der Waals surface area contributed by atoms with Gasteiger partial charge in [-0.3, -0.25) is 0 Å². The van der Waals surface area contributed by atoms with Crippen molar-refractivity contribution in [3.63, 3.8) is 0 Å². The van der Waals surface area contributed by atoms with Gasteiger partial charge in [-0.1, -0.05) is 5.11 Å². The molecule has 1 N–H and O–H groups in total. The molecule has 14 heavy (non-hydrogen) atoms. The molecule has 78 valence electrons. The van der Waals surface area contributed by atoms with Gasteiger partial charge in [0.1, 0.15) is 0 Å². The Morgan fingerprint density at radius 3 is 3.29 bits per heavy atom. The van der Waals surface area contributed by atoms with E-state index in [4.69, 9.17) is 10.3 Å². The topological polar surface area (TPSA) is 70.0 Å². The van der Waals surface area contributed by atoms with E-state index in [0.29, 0.717) is 12.0 Å². The third-order valence-corrected chi connectivity index (χ3v) is 3.20. The number of nitrogens with one attached hydrogen (secondary N) is 1. The second kappa shape index (κ2) is 4.17. The van der Waals surface area contributed by atoms with Crippen molar-refractivity contribution in [3.8, 4) is 0 Å². The van der Waals surface area contributed by atoms with Crippen molar-refractivity contribution in [2.24, 2.45) is 10.5 Å². The predicted octanol–water partition coefficient (Wildman–Crippen LogP) is 1.46. The molecule has 0 bridgehead atoms. The minimum absolute atomic E-state index is 0.144. The molecule has 2 saturated heterocycles. The molecule has 1 spiro atoms. The maximum absolute atomic E-state index is 8.22. The first kappa shape index (κ1) is 9.77. The lowest BCUT2D eigenvalue weighted by Crippen LogP contribution is -2.40. The van der Waals surface area contributed by atoms with Crippen molar-refractivity contribution in [1.82, 2.24) is 5.32 Å². The number of hydrogen-bond donors (Lipinski definition) is 1. The lowest BCUT2D eigenvalue weighted by atomic mass is 9.79. The molecule has 2 rings (SSSR count). The molecule has 0 amide bonds. The van der Waals surface area contributed by atoms with E-state index in [1.807, 2.05) is 0 Å². The van der Waals surface area contributed by atoms with Crippen LogP contribution in [0.5, 0.6) is 0 Å². The summed E-state index contributed by atoms with van der Waals surface area (Å²) in [5.41, 5.74) is 8.55. The van der Waals surface area contributed by atoms with Crippen LogP contribution in [-0.2, 0) is 4.74 Å². The highest BCUT2D eigenvalue weighted by atomic mass is 16.5. The van der Waals surface area contributed by atoms with Crippen LogP contribution in [0.4, 0.5) is 0 Å². The minimum Gasteiger partial charge on any atom is -0.377 e. The number of hydrogen-bond acceptors (Lipinski definition) is 3. The van der Waals surface area contributed by atoms with Gasteiger partial charge in [0.05, 0.1) is 19.3 Å². The van der Waals surface area contributed by atoms with Crippen LogP contribution >= 0.6 is 0 Å². The maximum Gasteiger partial charge on any atom is 0.0638 e. The van der Waals surface area contributed by atoms with Gasteiger partial charge in [0.25, 0.3) is 0 Å². The normalized spacial score (nSPS) is 37.0. The Morgan fingerprint density at radius 2 is 2.57 bits per heavy atom. The van der Waals surface area contributed by atoms with Gasteiger partial charge in [-0.15, -0.1) is 0 Å². The van der Waals surface area contributed by atoms with E-state index in [1.54, 1.807) is 0 Å². The molecule has 0 aromatic heterocycles. The third kappa shape index (κ3) is 2.00. The Labute approximate surface area is 83.4 Å². The SMILES string of the molecule is [N-]=[N+]=NC[C@H]1C[C@]2(CCCNC2)CO1. The summed E-state index contributed by atoms with van der Waals surface area (Å²) >= 11 is 0. The second-order valence-electron chi connectivity index (χ2n) is 4.33. The highest BCUT2D eigenvalue weighted by molar-refractivity contribution is 4.92. The van der Waals surface area contributed by atoms with Crippen LogP contribution in [0.3, 0.4) is 0 Å². The largest absolute Gasteiger partial charge is 0.377 e. The molecule has 0 unspecified atom stereocenters. The van der Waals surface area contributed by atoms with Crippen LogP contribution in [0.15, 0.2) is 5.11 Å². The first-order valence-corrected chi connectivity index (χ1v) is 5.18. The zero-order valence-electron chi connectivity index (χ0n) is 8.28. The molecule has 0 aromatic rings. The Kier molecular flexibility index (Phi) is 2.91. The summed E-state index contributed by atoms with van der Waals surface area (Å²) in [7, 11) is 0. The van der Waals surface area contributed by atoms with Crippen molar-refractivity contribution in [3.05, 3.63) is 10.4 Å². The summed E-state index contributed by atoms with van der Waals surface area (Å²) in [6, 6.07) is 0. The monoisotopic (exact) mass is 196 g/mol. The molecular formula is C9H16N4O. The van der Waals surface area contributed by atoms with E-state index >= 15 is 0 Å². The maximum atomic E-state index is 8.22. The van der Waals surface area contributed by atoms with Crippen molar-refractivity contribution >= 4 is 0 Å². The van der Waals surface area contributed by atoms with Crippen LogP contribution in [-0.4, -0.2) is 32.3 Å². The molecule has 2 fully saturated rings. The molecule has 2 aliphatic heterocycles. The number of nitrogens with zero attached hydrogens (tertiary/aromatic N) is 3. The number of rotatable bonds is 2. The van der Waals surface area contributed by atoms with Gasteiger partial charge >= 0.3 is 0 Å². The zero-order chi connectivity index (χ0) is 9.86. The average Bonchev–Trinajstić information content (AvgIpc) is 2.60. The lowest BCUT2D eigenvalue weighted by molar-refractivity contribution is 0.0923. The molecule has 2 heterocycles. The van der Waals surface area contributed by atoms with Crippen molar-refractivity contribution in [2.45, 2.75) is 25.4 Å². The van der Waals surface area contributed by atoms with E-state index in [1.165, 1.54) is 12.8 Å². The molecule has 0 aromatic carbocycles. The van der Waals surface area contributed by atoms with Crippen LogP contribution in [0.1, 0.15) is 19.3 Å². The van der Waals surface area contributed by atoms with E-state index < -0.39 is 0 Å². The van der Waals surface area contributed by atoms with Gasteiger partial charge in [0.15, 0.2) is 0 Å². The minimum atomic E-state index is 0.144. The molecular weight excluding hydrogens is 180 g/mol. The van der Waals surface area contributed by atoms with E-state index in [2.05, 4.69) is 15.3 Å². The fourth-order valence-electron chi connectivity index (χ4n) is 2.47. The first-order chi connectivity index (χ1) is 6.85. The Bertz CT molecular complexity index is 243. The summed E-state index contributed by atoms with van der Waals surface area (Å²) in [4.78, 5) is 2.76.